The Bertz CT molecular complexity index is 618. The van der Waals surface area contributed by atoms with Crippen LogP contribution in [0.2, 0.25) is 5.02 Å². The Kier molecular flexibility index (Phi) is 3.97. The first kappa shape index (κ1) is 14.1. The SMILES string of the molecule is CC1=NN(c2cccc(Cl)c2)C(=O)/C1=C\N1CCCCC1. The molecule has 2 heterocycles. The van der Waals surface area contributed by atoms with Crippen LogP contribution >= 0.6 is 11.6 Å². The summed E-state index contributed by atoms with van der Waals surface area (Å²) in [4.78, 5) is 14.8. The van der Waals surface area contributed by atoms with E-state index in [0.717, 1.165) is 18.8 Å². The Hall–Kier alpha value is -1.81. The average Bonchev–Trinajstić information content (AvgIpc) is 2.76. The summed E-state index contributed by atoms with van der Waals surface area (Å²) in [6.07, 6.45) is 5.61. The zero-order chi connectivity index (χ0) is 14.8. The predicted octanol–water partition coefficient (Wildman–Crippen LogP) is 3.43. The van der Waals surface area contributed by atoms with Crippen LogP contribution in [0.25, 0.3) is 0 Å². The second-order valence-corrected chi connectivity index (χ2v) is 5.86. The maximum atomic E-state index is 12.6. The molecule has 1 aromatic rings. The lowest BCUT2D eigenvalue weighted by atomic mass is 10.1. The second kappa shape index (κ2) is 5.90. The number of likely N-dealkylation sites (tertiary alicyclic amines) is 1. The van der Waals surface area contributed by atoms with E-state index < -0.39 is 0 Å². The number of amides is 1. The molecule has 1 amide bonds. The number of rotatable bonds is 2. The van der Waals surface area contributed by atoms with Crippen molar-refractivity contribution in [1.29, 1.82) is 0 Å². The minimum absolute atomic E-state index is 0.0830. The molecule has 5 heteroatoms. The van der Waals surface area contributed by atoms with Gasteiger partial charge in [0.2, 0.25) is 0 Å². The van der Waals surface area contributed by atoms with Crippen LogP contribution in [-0.4, -0.2) is 29.6 Å². The van der Waals surface area contributed by atoms with E-state index >= 15 is 0 Å². The van der Waals surface area contributed by atoms with Gasteiger partial charge in [0.1, 0.15) is 0 Å². The van der Waals surface area contributed by atoms with Crippen molar-refractivity contribution in [3.63, 3.8) is 0 Å². The topological polar surface area (TPSA) is 35.9 Å². The number of carbonyl (C=O) groups is 1. The van der Waals surface area contributed by atoms with Crippen molar-refractivity contribution in [2.45, 2.75) is 26.2 Å². The summed E-state index contributed by atoms with van der Waals surface area (Å²) >= 11 is 5.99. The molecule has 0 aliphatic carbocycles. The van der Waals surface area contributed by atoms with E-state index in [4.69, 9.17) is 11.6 Å². The lowest BCUT2D eigenvalue weighted by Gasteiger charge is -2.25. The zero-order valence-corrected chi connectivity index (χ0v) is 12.8. The van der Waals surface area contributed by atoms with Crippen molar-refractivity contribution < 1.29 is 4.79 Å². The smallest absolute Gasteiger partial charge is 0.282 e. The van der Waals surface area contributed by atoms with Gasteiger partial charge >= 0.3 is 0 Å². The Labute approximate surface area is 129 Å². The summed E-state index contributed by atoms with van der Waals surface area (Å²) in [6, 6.07) is 7.19. The molecule has 4 nitrogen and oxygen atoms in total. The van der Waals surface area contributed by atoms with Crippen LogP contribution in [0.15, 0.2) is 41.1 Å². The fourth-order valence-electron chi connectivity index (χ4n) is 2.68. The Morgan fingerprint density at radius 3 is 2.71 bits per heavy atom. The van der Waals surface area contributed by atoms with Crippen molar-refractivity contribution in [3.05, 3.63) is 41.1 Å². The molecule has 0 atom stereocenters. The highest BCUT2D eigenvalue weighted by atomic mass is 35.5. The van der Waals surface area contributed by atoms with E-state index in [1.807, 2.05) is 25.3 Å². The average molecular weight is 304 g/mol. The van der Waals surface area contributed by atoms with Crippen LogP contribution in [-0.2, 0) is 4.79 Å². The summed E-state index contributed by atoms with van der Waals surface area (Å²) in [5, 5.41) is 6.40. The van der Waals surface area contributed by atoms with E-state index in [-0.39, 0.29) is 5.91 Å². The molecule has 1 fully saturated rings. The molecule has 0 spiro atoms. The third kappa shape index (κ3) is 2.95. The Morgan fingerprint density at radius 1 is 1.24 bits per heavy atom. The number of carbonyl (C=O) groups excluding carboxylic acids is 1. The number of hydrazone groups is 1. The molecule has 0 radical (unpaired) electrons. The van der Waals surface area contributed by atoms with Crippen LogP contribution in [0.4, 0.5) is 5.69 Å². The van der Waals surface area contributed by atoms with E-state index in [9.17, 15) is 4.79 Å². The van der Waals surface area contributed by atoms with Gasteiger partial charge in [-0.2, -0.15) is 10.1 Å². The van der Waals surface area contributed by atoms with Gasteiger partial charge in [0.05, 0.1) is 17.0 Å². The lowest BCUT2D eigenvalue weighted by Crippen LogP contribution is -2.27. The number of halogens is 1. The van der Waals surface area contributed by atoms with Gasteiger partial charge in [-0.3, -0.25) is 4.79 Å². The molecule has 0 bridgehead atoms. The third-order valence-corrected chi connectivity index (χ3v) is 4.05. The van der Waals surface area contributed by atoms with Gasteiger partial charge in [0.25, 0.3) is 5.91 Å². The quantitative estimate of drug-likeness (QED) is 0.785. The fourth-order valence-corrected chi connectivity index (χ4v) is 2.86. The van der Waals surface area contributed by atoms with Crippen molar-refractivity contribution in [3.8, 4) is 0 Å². The van der Waals surface area contributed by atoms with Gasteiger partial charge in [-0.05, 0) is 44.4 Å². The summed E-state index contributed by atoms with van der Waals surface area (Å²) < 4.78 is 0. The third-order valence-electron chi connectivity index (χ3n) is 3.82. The molecule has 0 N–H and O–H groups in total. The van der Waals surface area contributed by atoms with Crippen LogP contribution in [0, 0.1) is 0 Å². The minimum Gasteiger partial charge on any atom is -0.377 e. The number of hydrogen-bond donors (Lipinski definition) is 0. The molecule has 21 heavy (non-hydrogen) atoms. The van der Waals surface area contributed by atoms with Gasteiger partial charge in [0.15, 0.2) is 0 Å². The molecule has 2 aliphatic rings. The van der Waals surface area contributed by atoms with Crippen LogP contribution in [0.1, 0.15) is 26.2 Å². The van der Waals surface area contributed by atoms with Crippen molar-refractivity contribution in [1.82, 2.24) is 4.90 Å². The van der Waals surface area contributed by atoms with Gasteiger partial charge in [-0.1, -0.05) is 17.7 Å². The van der Waals surface area contributed by atoms with E-state index in [0.29, 0.717) is 16.3 Å². The number of benzene rings is 1. The molecule has 3 rings (SSSR count). The highest BCUT2D eigenvalue weighted by Crippen LogP contribution is 2.26. The molecule has 0 unspecified atom stereocenters. The minimum atomic E-state index is -0.0830. The summed E-state index contributed by atoms with van der Waals surface area (Å²) in [6.45, 7) is 3.90. The van der Waals surface area contributed by atoms with E-state index in [1.54, 1.807) is 12.1 Å². The summed E-state index contributed by atoms with van der Waals surface area (Å²) in [5.74, 6) is -0.0830. The molecular formula is C16H18ClN3O. The molecule has 1 aromatic carbocycles. The molecule has 0 saturated carbocycles. The van der Waals surface area contributed by atoms with Gasteiger partial charge in [-0.15, -0.1) is 0 Å². The second-order valence-electron chi connectivity index (χ2n) is 5.42. The highest BCUT2D eigenvalue weighted by Gasteiger charge is 2.29. The van der Waals surface area contributed by atoms with Crippen LogP contribution in [0.5, 0.6) is 0 Å². The maximum absolute atomic E-state index is 12.6. The fraction of sp³-hybridized carbons (Fsp3) is 0.375. The lowest BCUT2D eigenvalue weighted by molar-refractivity contribution is -0.114. The monoisotopic (exact) mass is 303 g/mol. The highest BCUT2D eigenvalue weighted by molar-refractivity contribution is 6.32. The first-order valence-corrected chi connectivity index (χ1v) is 7.64. The number of anilines is 1. The first-order valence-electron chi connectivity index (χ1n) is 7.26. The molecule has 110 valence electrons. The Morgan fingerprint density at radius 2 is 2.00 bits per heavy atom. The van der Waals surface area contributed by atoms with E-state index in [1.165, 1.54) is 24.3 Å². The maximum Gasteiger partial charge on any atom is 0.282 e. The molecule has 1 saturated heterocycles. The summed E-state index contributed by atoms with van der Waals surface area (Å²) in [7, 11) is 0. The number of piperidine rings is 1. The van der Waals surface area contributed by atoms with Gasteiger partial charge < -0.3 is 4.90 Å². The van der Waals surface area contributed by atoms with Gasteiger partial charge in [-0.25, -0.2) is 0 Å². The molecular weight excluding hydrogens is 286 g/mol. The predicted molar refractivity (Wildman–Crippen MR) is 85.6 cm³/mol. The van der Waals surface area contributed by atoms with Crippen molar-refractivity contribution in [2.75, 3.05) is 18.1 Å². The van der Waals surface area contributed by atoms with E-state index in [2.05, 4.69) is 10.0 Å². The van der Waals surface area contributed by atoms with Gasteiger partial charge in [0, 0.05) is 24.3 Å². The van der Waals surface area contributed by atoms with Crippen LogP contribution in [0.3, 0.4) is 0 Å². The number of hydrogen-bond acceptors (Lipinski definition) is 3. The summed E-state index contributed by atoms with van der Waals surface area (Å²) in [5.41, 5.74) is 2.14. The van der Waals surface area contributed by atoms with Crippen LogP contribution < -0.4 is 5.01 Å². The normalized spacial score (nSPS) is 21.1. The molecule has 2 aliphatic heterocycles. The molecule has 0 aromatic heterocycles. The first-order chi connectivity index (χ1) is 10.1. The zero-order valence-electron chi connectivity index (χ0n) is 12.1. The van der Waals surface area contributed by atoms with Crippen molar-refractivity contribution in [2.24, 2.45) is 5.10 Å². The number of nitrogens with zero attached hydrogens (tertiary/aromatic N) is 3. The largest absolute Gasteiger partial charge is 0.377 e. The van der Waals surface area contributed by atoms with Crippen molar-refractivity contribution >= 4 is 28.9 Å². The Balaban J connectivity index is 1.85. The standard InChI is InChI=1S/C16H18ClN3O/c1-12-15(11-19-8-3-2-4-9-19)16(21)20(18-12)14-7-5-6-13(17)10-14/h5-7,10-11H,2-4,8-9H2,1H3/b15-11-.